The Balaban J connectivity index is 1.49. The molecule has 0 aromatic carbocycles. The number of aliphatic hydroxyl groups is 11. The Labute approximate surface area is 455 Å². The molecule has 76 heavy (non-hydrogen) atoms. The van der Waals surface area contributed by atoms with Crippen LogP contribution in [0.2, 0.25) is 0 Å². The molecule has 0 aromatic heterocycles. The second-order valence-corrected chi connectivity index (χ2v) is 21.8. The van der Waals surface area contributed by atoms with Gasteiger partial charge in [-0.2, -0.15) is 0 Å². The van der Waals surface area contributed by atoms with E-state index >= 15 is 0 Å². The molecule has 19 nitrogen and oxygen atoms in total. The SMILES string of the molecule is CCCCCCCCC/C=C\CCCCCCCCCC(=O)NC(COC1OC(CO)C(OC2OC(CO)C(OC3OC(CO)C(O)C(O)C3O)C(O)C2O)C(O)C1O)C(O)CCCCCCCCCCCCCCC. The van der Waals surface area contributed by atoms with Crippen molar-refractivity contribution in [2.24, 2.45) is 0 Å². The molecule has 0 saturated carbocycles. The maximum atomic E-state index is 13.3. The zero-order valence-electron chi connectivity index (χ0n) is 46.5. The van der Waals surface area contributed by atoms with Gasteiger partial charge >= 0.3 is 0 Å². The lowest BCUT2D eigenvalue weighted by Gasteiger charge is -2.48. The molecule has 19 heteroatoms. The van der Waals surface area contributed by atoms with Crippen LogP contribution in [0.15, 0.2) is 12.2 Å². The monoisotopic (exact) mass is 1090 g/mol. The molecule has 1 amide bonds. The van der Waals surface area contributed by atoms with Gasteiger partial charge in [-0.15, -0.1) is 0 Å². The van der Waals surface area contributed by atoms with Gasteiger partial charge in [0.05, 0.1) is 38.6 Å². The highest BCUT2D eigenvalue weighted by atomic mass is 16.8. The van der Waals surface area contributed by atoms with Crippen molar-refractivity contribution < 1.29 is 89.4 Å². The quantitative estimate of drug-likeness (QED) is 0.0283. The average molecular weight is 1090 g/mol. The molecule has 3 heterocycles. The first kappa shape index (κ1) is 68.8. The van der Waals surface area contributed by atoms with Crippen LogP contribution >= 0.6 is 0 Å². The third kappa shape index (κ3) is 25.5. The minimum absolute atomic E-state index is 0.247. The third-order valence-electron chi connectivity index (χ3n) is 15.3. The minimum atomic E-state index is -1.97. The molecule has 17 atom stereocenters. The number of nitrogens with one attached hydrogen (secondary N) is 1. The Kier molecular flexibility index (Phi) is 37.6. The molecular formula is C57H107NO18. The fourth-order valence-corrected chi connectivity index (χ4v) is 10.4. The molecule has 0 spiro atoms. The van der Waals surface area contributed by atoms with Gasteiger partial charge in [0.1, 0.15) is 73.2 Å². The molecule has 3 aliphatic heterocycles. The Morgan fingerprint density at radius 1 is 0.461 bits per heavy atom. The normalized spacial score (nSPS) is 31.0. The number of hydrogen-bond donors (Lipinski definition) is 12. The summed E-state index contributed by atoms with van der Waals surface area (Å²) < 4.78 is 34.3. The van der Waals surface area contributed by atoms with E-state index in [4.69, 9.17) is 28.4 Å². The van der Waals surface area contributed by atoms with E-state index in [0.29, 0.717) is 12.8 Å². The van der Waals surface area contributed by atoms with E-state index in [1.165, 1.54) is 122 Å². The van der Waals surface area contributed by atoms with Crippen LogP contribution < -0.4 is 5.32 Å². The summed E-state index contributed by atoms with van der Waals surface area (Å²) in [4.78, 5) is 13.3. The molecule has 0 aromatic rings. The van der Waals surface area contributed by atoms with Crippen LogP contribution in [0, 0.1) is 0 Å². The van der Waals surface area contributed by atoms with Crippen molar-refractivity contribution in [3.05, 3.63) is 12.2 Å². The van der Waals surface area contributed by atoms with Crippen molar-refractivity contribution >= 4 is 5.91 Å². The Morgan fingerprint density at radius 2 is 0.829 bits per heavy atom. The molecule has 0 radical (unpaired) electrons. The summed E-state index contributed by atoms with van der Waals surface area (Å²) in [7, 11) is 0. The summed E-state index contributed by atoms with van der Waals surface area (Å²) in [5.41, 5.74) is 0. The third-order valence-corrected chi connectivity index (χ3v) is 15.3. The van der Waals surface area contributed by atoms with Crippen LogP contribution in [0.5, 0.6) is 0 Å². The van der Waals surface area contributed by atoms with Crippen molar-refractivity contribution in [3.8, 4) is 0 Å². The number of allylic oxidation sites excluding steroid dienone is 2. The molecule has 0 aliphatic carbocycles. The van der Waals surface area contributed by atoms with Crippen LogP contribution in [0.4, 0.5) is 0 Å². The summed E-state index contributed by atoms with van der Waals surface area (Å²) in [6.45, 7) is 1.78. The Morgan fingerprint density at radius 3 is 1.28 bits per heavy atom. The maximum Gasteiger partial charge on any atom is 0.220 e. The smallest absolute Gasteiger partial charge is 0.220 e. The standard InChI is InChI=1S/C57H107NO18/c1-3-5-7-9-11-13-15-17-18-19-20-21-23-25-27-29-31-33-35-45(63)58-40(41(62)34-32-30-28-26-24-22-16-14-12-10-8-6-4-2)39-71-55-51(69)48(66)53(43(37-60)73-55)76-57-52(70)49(67)54(44(38-61)74-57)75-56-50(68)47(65)46(64)42(36-59)72-56/h18-19,40-44,46-57,59-62,64-70H,3-17,20-39H2,1-2H3,(H,58,63)/b19-18-. The first-order chi connectivity index (χ1) is 36.8. The predicted molar refractivity (Wildman–Crippen MR) is 287 cm³/mol. The van der Waals surface area contributed by atoms with Crippen molar-refractivity contribution in [2.45, 2.75) is 317 Å². The Hall–Kier alpha value is -1.47. The molecule has 3 aliphatic rings. The molecule has 448 valence electrons. The number of aliphatic hydroxyl groups excluding tert-OH is 11. The highest BCUT2D eigenvalue weighted by Gasteiger charge is 2.53. The van der Waals surface area contributed by atoms with Gasteiger partial charge in [-0.1, -0.05) is 180 Å². The number of hydrogen-bond acceptors (Lipinski definition) is 18. The number of carbonyl (C=O) groups is 1. The molecule has 0 bridgehead atoms. The van der Waals surface area contributed by atoms with E-state index < -0.39 is 124 Å². The summed E-state index contributed by atoms with van der Waals surface area (Å²) in [5, 5.41) is 120. The van der Waals surface area contributed by atoms with Crippen LogP contribution in [0.3, 0.4) is 0 Å². The second-order valence-electron chi connectivity index (χ2n) is 21.8. The number of unbranched alkanes of at least 4 members (excludes halogenated alkanes) is 26. The Bertz CT molecular complexity index is 1450. The zero-order chi connectivity index (χ0) is 55.5. The molecule has 3 saturated heterocycles. The second kappa shape index (κ2) is 41.5. The average Bonchev–Trinajstić information content (AvgIpc) is 3.42. The van der Waals surface area contributed by atoms with Gasteiger partial charge in [0.15, 0.2) is 18.9 Å². The molecular weight excluding hydrogens is 987 g/mol. The van der Waals surface area contributed by atoms with Gasteiger partial charge < -0.3 is 89.9 Å². The van der Waals surface area contributed by atoms with E-state index in [0.717, 1.165) is 57.8 Å². The number of carbonyl (C=O) groups excluding carboxylic acids is 1. The summed E-state index contributed by atoms with van der Waals surface area (Å²) in [5.74, 6) is -0.247. The van der Waals surface area contributed by atoms with Gasteiger partial charge in [0.25, 0.3) is 0 Å². The highest BCUT2D eigenvalue weighted by molar-refractivity contribution is 5.76. The number of ether oxygens (including phenoxy) is 6. The molecule has 3 fully saturated rings. The fourth-order valence-electron chi connectivity index (χ4n) is 10.4. The van der Waals surface area contributed by atoms with E-state index in [1.807, 2.05) is 0 Å². The van der Waals surface area contributed by atoms with Gasteiger partial charge in [-0.3, -0.25) is 4.79 Å². The zero-order valence-corrected chi connectivity index (χ0v) is 46.5. The van der Waals surface area contributed by atoms with Crippen molar-refractivity contribution in [1.29, 1.82) is 0 Å². The van der Waals surface area contributed by atoms with Crippen molar-refractivity contribution in [3.63, 3.8) is 0 Å². The van der Waals surface area contributed by atoms with Crippen molar-refractivity contribution in [1.82, 2.24) is 5.32 Å². The van der Waals surface area contributed by atoms with Crippen LogP contribution in [-0.2, 0) is 33.2 Å². The predicted octanol–water partition coefficient (Wildman–Crippen LogP) is 4.99. The maximum absolute atomic E-state index is 13.3. The largest absolute Gasteiger partial charge is 0.394 e. The molecule has 12 N–H and O–H groups in total. The van der Waals surface area contributed by atoms with Crippen LogP contribution in [0.25, 0.3) is 0 Å². The minimum Gasteiger partial charge on any atom is -0.394 e. The van der Waals surface area contributed by atoms with Gasteiger partial charge in [-0.05, 0) is 38.5 Å². The summed E-state index contributed by atoms with van der Waals surface area (Å²) >= 11 is 0. The van der Waals surface area contributed by atoms with E-state index in [2.05, 4.69) is 31.3 Å². The highest BCUT2D eigenvalue weighted by Crippen LogP contribution is 2.33. The summed E-state index contributed by atoms with van der Waals surface area (Å²) in [6, 6.07) is -0.884. The lowest BCUT2D eigenvalue weighted by Crippen LogP contribution is -2.66. The topological polar surface area (TPSA) is 307 Å². The van der Waals surface area contributed by atoms with Crippen molar-refractivity contribution in [2.75, 3.05) is 26.4 Å². The molecule has 17 unspecified atom stereocenters. The number of amides is 1. The summed E-state index contributed by atoms with van der Waals surface area (Å²) in [6.07, 6.45) is 12.9. The lowest BCUT2D eigenvalue weighted by molar-refractivity contribution is -0.379. The van der Waals surface area contributed by atoms with E-state index in [1.54, 1.807) is 0 Å². The van der Waals surface area contributed by atoms with Gasteiger partial charge in [0.2, 0.25) is 5.91 Å². The lowest BCUT2D eigenvalue weighted by atomic mass is 9.96. The number of rotatable bonds is 44. The van der Waals surface area contributed by atoms with E-state index in [9.17, 15) is 61.0 Å². The van der Waals surface area contributed by atoms with Crippen LogP contribution in [-0.4, -0.2) is 193 Å². The first-order valence-electron chi connectivity index (χ1n) is 29.9. The first-order valence-corrected chi connectivity index (χ1v) is 29.9. The van der Waals surface area contributed by atoms with E-state index in [-0.39, 0.29) is 18.9 Å². The van der Waals surface area contributed by atoms with Crippen LogP contribution in [0.1, 0.15) is 213 Å². The fraction of sp³-hybridized carbons (Fsp3) is 0.947. The molecule has 3 rings (SSSR count). The van der Waals surface area contributed by atoms with Gasteiger partial charge in [0, 0.05) is 6.42 Å². The van der Waals surface area contributed by atoms with Gasteiger partial charge in [-0.25, -0.2) is 0 Å².